The van der Waals surface area contributed by atoms with Gasteiger partial charge in [-0.2, -0.15) is 0 Å². The lowest BCUT2D eigenvalue weighted by Gasteiger charge is -2.20. The van der Waals surface area contributed by atoms with Crippen LogP contribution in [0.25, 0.3) is 0 Å². The standard InChI is InChI=1S/C20H23ClFN5O2.HI/c1-2-23-20(25-10-13-8-15(21)18-17(9-13)28-12-29-18)26-14-5-7-27(11-14)19-16(22)4-3-6-24-19;/h3-4,6,8-9,14H,2,5,7,10-12H2,1H3,(H2,23,25,26);1H. The van der Waals surface area contributed by atoms with Gasteiger partial charge in [0.25, 0.3) is 0 Å². The van der Waals surface area contributed by atoms with Crippen molar-refractivity contribution >= 4 is 47.4 Å². The third kappa shape index (κ3) is 5.18. The number of hydrogen-bond acceptors (Lipinski definition) is 5. The fraction of sp³-hybridized carbons (Fsp3) is 0.400. The number of nitrogens with one attached hydrogen (secondary N) is 2. The van der Waals surface area contributed by atoms with Crippen molar-refractivity contribution in [3.05, 3.63) is 46.9 Å². The molecule has 0 spiro atoms. The first-order valence-corrected chi connectivity index (χ1v) is 10.00. The van der Waals surface area contributed by atoms with E-state index < -0.39 is 0 Å². The molecule has 4 rings (SSSR count). The van der Waals surface area contributed by atoms with Gasteiger partial charge in [-0.25, -0.2) is 14.4 Å². The first kappa shape index (κ1) is 22.7. The molecule has 1 fully saturated rings. The normalized spacial score (nSPS) is 17.6. The Morgan fingerprint density at radius 3 is 3.07 bits per heavy atom. The minimum Gasteiger partial charge on any atom is -0.454 e. The summed E-state index contributed by atoms with van der Waals surface area (Å²) in [5.41, 5.74) is 0.931. The molecule has 3 heterocycles. The number of aliphatic imine (C=N–C) groups is 1. The fourth-order valence-electron chi connectivity index (χ4n) is 3.48. The summed E-state index contributed by atoms with van der Waals surface area (Å²) in [6.07, 6.45) is 2.48. The number of guanidine groups is 1. The zero-order valence-corrected chi connectivity index (χ0v) is 19.6. The van der Waals surface area contributed by atoms with Gasteiger partial charge >= 0.3 is 0 Å². The van der Waals surface area contributed by atoms with E-state index in [0.717, 1.165) is 25.1 Å². The van der Waals surface area contributed by atoms with Crippen LogP contribution in [0, 0.1) is 5.82 Å². The third-order valence-corrected chi connectivity index (χ3v) is 5.10. The second-order valence-electron chi connectivity index (χ2n) is 6.89. The van der Waals surface area contributed by atoms with Crippen molar-refractivity contribution in [2.24, 2.45) is 4.99 Å². The first-order valence-electron chi connectivity index (χ1n) is 9.62. The summed E-state index contributed by atoms with van der Waals surface area (Å²) in [5.74, 6) is 2.03. The molecular weight excluding hydrogens is 524 g/mol. The maximum absolute atomic E-state index is 14.0. The Bertz CT molecular complexity index is 917. The second kappa shape index (κ2) is 10.3. The predicted molar refractivity (Wildman–Crippen MR) is 126 cm³/mol. The largest absolute Gasteiger partial charge is 0.454 e. The second-order valence-corrected chi connectivity index (χ2v) is 7.30. The number of rotatable bonds is 5. The number of anilines is 1. The van der Waals surface area contributed by atoms with Gasteiger partial charge in [-0.15, -0.1) is 24.0 Å². The van der Waals surface area contributed by atoms with Gasteiger partial charge in [-0.05, 0) is 43.2 Å². The quantitative estimate of drug-likeness (QED) is 0.339. The summed E-state index contributed by atoms with van der Waals surface area (Å²) in [7, 11) is 0. The van der Waals surface area contributed by atoms with Crippen molar-refractivity contribution in [3.63, 3.8) is 0 Å². The molecule has 2 aliphatic rings. The van der Waals surface area contributed by atoms with Crippen molar-refractivity contribution in [3.8, 4) is 11.5 Å². The lowest BCUT2D eigenvalue weighted by Crippen LogP contribution is -2.44. The summed E-state index contributed by atoms with van der Waals surface area (Å²) in [5, 5.41) is 7.21. The number of fused-ring (bicyclic) bond motifs is 1. The molecule has 0 saturated carbocycles. The van der Waals surface area contributed by atoms with E-state index in [1.54, 1.807) is 12.3 Å². The lowest BCUT2D eigenvalue weighted by molar-refractivity contribution is 0.174. The van der Waals surface area contributed by atoms with Gasteiger partial charge in [0.15, 0.2) is 29.1 Å². The molecule has 10 heteroatoms. The SMILES string of the molecule is CCNC(=NCc1cc(Cl)c2c(c1)OCO2)NC1CCN(c2ncccc2F)C1.I. The lowest BCUT2D eigenvalue weighted by atomic mass is 10.2. The molecular formula is C20H24ClFIN5O2. The fourth-order valence-corrected chi connectivity index (χ4v) is 3.76. The summed E-state index contributed by atoms with van der Waals surface area (Å²) in [6, 6.07) is 6.91. The molecule has 7 nitrogen and oxygen atoms in total. The van der Waals surface area contributed by atoms with Gasteiger partial charge in [-0.1, -0.05) is 11.6 Å². The van der Waals surface area contributed by atoms with Gasteiger partial charge < -0.3 is 25.0 Å². The van der Waals surface area contributed by atoms with Crippen molar-refractivity contribution in [2.75, 3.05) is 31.3 Å². The van der Waals surface area contributed by atoms with Crippen molar-refractivity contribution in [1.29, 1.82) is 0 Å². The zero-order chi connectivity index (χ0) is 20.2. The Hall–Kier alpha value is -2.01. The minimum atomic E-state index is -0.298. The van der Waals surface area contributed by atoms with Crippen LogP contribution in [-0.2, 0) is 6.54 Å². The molecule has 30 heavy (non-hydrogen) atoms. The van der Waals surface area contributed by atoms with Crippen LogP contribution in [0.1, 0.15) is 18.9 Å². The highest BCUT2D eigenvalue weighted by Gasteiger charge is 2.26. The molecule has 1 aromatic heterocycles. The Kier molecular flexibility index (Phi) is 7.81. The number of halogens is 3. The van der Waals surface area contributed by atoms with E-state index in [0.29, 0.717) is 41.4 Å². The van der Waals surface area contributed by atoms with Gasteiger partial charge in [0.2, 0.25) is 6.79 Å². The van der Waals surface area contributed by atoms with Crippen molar-refractivity contribution in [1.82, 2.24) is 15.6 Å². The third-order valence-electron chi connectivity index (χ3n) is 4.82. The monoisotopic (exact) mass is 547 g/mol. The van der Waals surface area contributed by atoms with E-state index in [2.05, 4.69) is 20.6 Å². The van der Waals surface area contributed by atoms with Gasteiger partial charge in [-0.3, -0.25) is 0 Å². The van der Waals surface area contributed by atoms with Crippen LogP contribution in [0.2, 0.25) is 5.02 Å². The maximum Gasteiger partial charge on any atom is 0.231 e. The smallest absolute Gasteiger partial charge is 0.231 e. The number of pyridine rings is 1. The first-order chi connectivity index (χ1) is 14.1. The van der Waals surface area contributed by atoms with E-state index >= 15 is 0 Å². The molecule has 1 aromatic carbocycles. The molecule has 0 radical (unpaired) electrons. The van der Waals surface area contributed by atoms with E-state index in [1.807, 2.05) is 24.0 Å². The molecule has 1 unspecified atom stereocenters. The van der Waals surface area contributed by atoms with E-state index in [-0.39, 0.29) is 42.6 Å². The van der Waals surface area contributed by atoms with Crippen molar-refractivity contribution in [2.45, 2.75) is 25.9 Å². The highest BCUT2D eigenvalue weighted by Crippen LogP contribution is 2.39. The number of aromatic nitrogens is 1. The number of hydrogen-bond donors (Lipinski definition) is 2. The Labute approximate surface area is 197 Å². The van der Waals surface area contributed by atoms with Crippen LogP contribution in [0.15, 0.2) is 35.5 Å². The number of benzene rings is 1. The zero-order valence-electron chi connectivity index (χ0n) is 16.5. The molecule has 2 aromatic rings. The van der Waals surface area contributed by atoms with Crippen LogP contribution in [0.5, 0.6) is 11.5 Å². The Morgan fingerprint density at radius 1 is 1.40 bits per heavy atom. The molecule has 1 saturated heterocycles. The van der Waals surface area contributed by atoms with E-state index in [9.17, 15) is 4.39 Å². The molecule has 0 bridgehead atoms. The van der Waals surface area contributed by atoms with Crippen LogP contribution in [0.3, 0.4) is 0 Å². The van der Waals surface area contributed by atoms with Crippen LogP contribution in [0.4, 0.5) is 10.2 Å². The van der Waals surface area contributed by atoms with Gasteiger partial charge in [0, 0.05) is 31.9 Å². The Balaban J connectivity index is 0.00000256. The highest BCUT2D eigenvalue weighted by atomic mass is 127. The average molecular weight is 548 g/mol. The topological polar surface area (TPSA) is 71.0 Å². The van der Waals surface area contributed by atoms with Gasteiger partial charge in [0.1, 0.15) is 0 Å². The van der Waals surface area contributed by atoms with Crippen LogP contribution >= 0.6 is 35.6 Å². The maximum atomic E-state index is 14.0. The molecule has 0 amide bonds. The van der Waals surface area contributed by atoms with E-state index in [4.69, 9.17) is 21.1 Å². The summed E-state index contributed by atoms with van der Waals surface area (Å²) < 4.78 is 24.8. The minimum absolute atomic E-state index is 0. The number of ether oxygens (including phenoxy) is 2. The molecule has 162 valence electrons. The molecule has 1 atom stereocenters. The van der Waals surface area contributed by atoms with E-state index in [1.165, 1.54) is 6.07 Å². The molecule has 2 aliphatic heterocycles. The van der Waals surface area contributed by atoms with Gasteiger partial charge in [0.05, 0.1) is 11.6 Å². The van der Waals surface area contributed by atoms with Crippen molar-refractivity contribution < 1.29 is 13.9 Å². The highest BCUT2D eigenvalue weighted by molar-refractivity contribution is 14.0. The van der Waals surface area contributed by atoms with Crippen LogP contribution < -0.4 is 25.0 Å². The Morgan fingerprint density at radius 2 is 2.27 bits per heavy atom. The summed E-state index contributed by atoms with van der Waals surface area (Å²) in [4.78, 5) is 10.8. The predicted octanol–water partition coefficient (Wildman–Crippen LogP) is 3.55. The average Bonchev–Trinajstić information content (AvgIpc) is 3.36. The molecule has 2 N–H and O–H groups in total. The summed E-state index contributed by atoms with van der Waals surface area (Å²) >= 11 is 6.25. The van der Waals surface area contributed by atoms with Crippen LogP contribution in [-0.4, -0.2) is 43.4 Å². The molecule has 0 aliphatic carbocycles. The number of nitrogens with zero attached hydrogens (tertiary/aromatic N) is 3. The summed E-state index contributed by atoms with van der Waals surface area (Å²) in [6.45, 7) is 4.77.